The van der Waals surface area contributed by atoms with Gasteiger partial charge in [-0.1, -0.05) is 12.8 Å². The molecule has 1 N–H and O–H groups in total. The zero-order valence-corrected chi connectivity index (χ0v) is 15.9. The Hall–Kier alpha value is -2.85. The summed E-state index contributed by atoms with van der Waals surface area (Å²) < 4.78 is 5.61. The fourth-order valence-electron chi connectivity index (χ4n) is 4.20. The number of nitrogens with one attached hydrogen (secondary N) is 1. The number of nitriles is 1. The van der Waals surface area contributed by atoms with E-state index >= 15 is 0 Å². The van der Waals surface area contributed by atoms with Crippen LogP contribution in [-0.2, 0) is 4.79 Å². The van der Waals surface area contributed by atoms with Crippen molar-refractivity contribution in [2.45, 2.75) is 37.8 Å². The van der Waals surface area contributed by atoms with Crippen molar-refractivity contribution >= 4 is 11.7 Å². The Kier molecular flexibility index (Phi) is 5.58. The van der Waals surface area contributed by atoms with Crippen LogP contribution in [0.4, 0.5) is 5.82 Å². The number of furan rings is 1. The van der Waals surface area contributed by atoms with Gasteiger partial charge >= 0.3 is 0 Å². The molecule has 0 aromatic carbocycles. The van der Waals surface area contributed by atoms with Gasteiger partial charge in [0.05, 0.1) is 11.8 Å². The van der Waals surface area contributed by atoms with Crippen LogP contribution in [0.5, 0.6) is 0 Å². The molecule has 7 heteroatoms. The molecule has 0 bridgehead atoms. The van der Waals surface area contributed by atoms with Crippen molar-refractivity contribution in [1.82, 2.24) is 15.2 Å². The Labute approximate surface area is 164 Å². The van der Waals surface area contributed by atoms with E-state index in [4.69, 9.17) is 4.42 Å². The molecule has 0 radical (unpaired) electrons. The third-order valence-electron chi connectivity index (χ3n) is 5.65. The number of amides is 1. The van der Waals surface area contributed by atoms with Gasteiger partial charge in [0.1, 0.15) is 23.7 Å². The molecule has 0 spiro atoms. The van der Waals surface area contributed by atoms with Crippen LogP contribution in [0, 0.1) is 11.3 Å². The van der Waals surface area contributed by atoms with Crippen LogP contribution >= 0.6 is 0 Å². The van der Waals surface area contributed by atoms with Crippen molar-refractivity contribution in [1.29, 1.82) is 5.26 Å². The summed E-state index contributed by atoms with van der Waals surface area (Å²) in [5, 5.41) is 12.5. The Bertz CT molecular complexity index is 831. The summed E-state index contributed by atoms with van der Waals surface area (Å²) >= 11 is 0. The molecule has 4 rings (SSSR count). The van der Waals surface area contributed by atoms with Crippen molar-refractivity contribution in [3.63, 3.8) is 0 Å². The maximum atomic E-state index is 13.1. The van der Waals surface area contributed by atoms with Crippen molar-refractivity contribution in [2.75, 3.05) is 31.1 Å². The molecule has 1 aliphatic carbocycles. The lowest BCUT2D eigenvalue weighted by Crippen LogP contribution is -2.52. The second-order valence-corrected chi connectivity index (χ2v) is 7.42. The van der Waals surface area contributed by atoms with Gasteiger partial charge in [0.15, 0.2) is 0 Å². The van der Waals surface area contributed by atoms with Crippen LogP contribution in [0.1, 0.15) is 43.0 Å². The molecule has 7 nitrogen and oxygen atoms in total. The Morgan fingerprint density at radius 1 is 1.21 bits per heavy atom. The summed E-state index contributed by atoms with van der Waals surface area (Å²) in [6.07, 6.45) is 7.81. The standard InChI is InChI=1S/C21H25N5O2/c22-15-16-5-3-9-23-20(16)26-12-10-25(11-13-26)19(18-8-4-14-28-18)21(27)24-17-6-1-2-7-17/h3-5,8-9,14,17,19H,1-2,6-7,10-13H2,(H,24,27). The van der Waals surface area contributed by atoms with Gasteiger partial charge in [-0.05, 0) is 37.1 Å². The highest BCUT2D eigenvalue weighted by atomic mass is 16.3. The molecule has 1 amide bonds. The van der Waals surface area contributed by atoms with Gasteiger partial charge in [-0.25, -0.2) is 4.98 Å². The molecule has 1 saturated heterocycles. The molecule has 1 unspecified atom stereocenters. The van der Waals surface area contributed by atoms with Crippen LogP contribution in [0.15, 0.2) is 41.1 Å². The number of carbonyl (C=O) groups excluding carboxylic acids is 1. The largest absolute Gasteiger partial charge is 0.467 e. The summed E-state index contributed by atoms with van der Waals surface area (Å²) in [7, 11) is 0. The number of hydrogen-bond acceptors (Lipinski definition) is 6. The zero-order valence-electron chi connectivity index (χ0n) is 15.9. The molecule has 3 heterocycles. The lowest BCUT2D eigenvalue weighted by atomic mass is 10.1. The molecule has 2 aliphatic rings. The molecule has 1 saturated carbocycles. The first-order chi connectivity index (χ1) is 13.8. The highest BCUT2D eigenvalue weighted by Crippen LogP contribution is 2.27. The second-order valence-electron chi connectivity index (χ2n) is 7.42. The first kappa shape index (κ1) is 18.5. The highest BCUT2D eigenvalue weighted by Gasteiger charge is 2.34. The van der Waals surface area contributed by atoms with E-state index in [1.165, 1.54) is 12.8 Å². The van der Waals surface area contributed by atoms with E-state index in [0.717, 1.165) is 18.7 Å². The molecular formula is C21H25N5O2. The lowest BCUT2D eigenvalue weighted by molar-refractivity contribution is -0.128. The summed E-state index contributed by atoms with van der Waals surface area (Å²) in [6, 6.07) is 9.33. The fraction of sp³-hybridized carbons (Fsp3) is 0.476. The average molecular weight is 379 g/mol. The van der Waals surface area contributed by atoms with E-state index in [1.54, 1.807) is 24.6 Å². The van der Waals surface area contributed by atoms with Crippen molar-refractivity contribution in [2.24, 2.45) is 0 Å². The fourth-order valence-corrected chi connectivity index (χ4v) is 4.20. The summed E-state index contributed by atoms with van der Waals surface area (Å²) in [4.78, 5) is 21.7. The molecule has 2 aromatic rings. The third-order valence-corrected chi connectivity index (χ3v) is 5.65. The van der Waals surface area contributed by atoms with Gasteiger partial charge in [-0.3, -0.25) is 9.69 Å². The highest BCUT2D eigenvalue weighted by molar-refractivity contribution is 5.83. The number of hydrogen-bond donors (Lipinski definition) is 1. The van der Waals surface area contributed by atoms with E-state index in [9.17, 15) is 10.1 Å². The van der Waals surface area contributed by atoms with Crippen molar-refractivity contribution < 1.29 is 9.21 Å². The Balaban J connectivity index is 1.46. The van der Waals surface area contributed by atoms with Gasteiger partial charge in [0.25, 0.3) is 0 Å². The van der Waals surface area contributed by atoms with E-state index in [2.05, 4.69) is 26.2 Å². The van der Waals surface area contributed by atoms with E-state index in [0.29, 0.717) is 37.5 Å². The predicted octanol–water partition coefficient (Wildman–Crippen LogP) is 2.47. The molecular weight excluding hydrogens is 354 g/mol. The van der Waals surface area contributed by atoms with Crippen molar-refractivity contribution in [3.8, 4) is 6.07 Å². The van der Waals surface area contributed by atoms with Gasteiger partial charge in [-0.2, -0.15) is 5.26 Å². The van der Waals surface area contributed by atoms with Crippen LogP contribution in [0.3, 0.4) is 0 Å². The summed E-state index contributed by atoms with van der Waals surface area (Å²) in [6.45, 7) is 2.81. The molecule has 2 aromatic heterocycles. The molecule has 2 fully saturated rings. The minimum absolute atomic E-state index is 0.0193. The molecule has 28 heavy (non-hydrogen) atoms. The van der Waals surface area contributed by atoms with E-state index < -0.39 is 6.04 Å². The quantitative estimate of drug-likeness (QED) is 0.859. The number of anilines is 1. The summed E-state index contributed by atoms with van der Waals surface area (Å²) in [5.41, 5.74) is 0.581. The smallest absolute Gasteiger partial charge is 0.245 e. The molecule has 1 aliphatic heterocycles. The van der Waals surface area contributed by atoms with Crippen LogP contribution < -0.4 is 10.2 Å². The number of rotatable bonds is 5. The monoisotopic (exact) mass is 379 g/mol. The number of piperazine rings is 1. The number of nitrogens with zero attached hydrogens (tertiary/aromatic N) is 4. The van der Waals surface area contributed by atoms with Crippen LogP contribution in [0.25, 0.3) is 0 Å². The predicted molar refractivity (Wildman–Crippen MR) is 105 cm³/mol. The van der Waals surface area contributed by atoms with Crippen molar-refractivity contribution in [3.05, 3.63) is 48.0 Å². The third kappa shape index (κ3) is 3.87. The van der Waals surface area contributed by atoms with Crippen LogP contribution in [0.2, 0.25) is 0 Å². The van der Waals surface area contributed by atoms with Gasteiger partial charge < -0.3 is 14.6 Å². The van der Waals surface area contributed by atoms with E-state index in [1.807, 2.05) is 12.1 Å². The number of aromatic nitrogens is 1. The molecule has 1 atom stereocenters. The summed E-state index contributed by atoms with van der Waals surface area (Å²) in [5.74, 6) is 1.42. The second kappa shape index (κ2) is 8.44. The number of carbonyl (C=O) groups is 1. The Morgan fingerprint density at radius 3 is 2.68 bits per heavy atom. The topological polar surface area (TPSA) is 85.4 Å². The normalized spacial score (nSPS) is 19.3. The Morgan fingerprint density at radius 2 is 2.00 bits per heavy atom. The minimum atomic E-state index is -0.420. The minimum Gasteiger partial charge on any atom is -0.467 e. The molecule has 146 valence electrons. The average Bonchev–Trinajstić information content (AvgIpc) is 3.43. The first-order valence-corrected chi connectivity index (χ1v) is 9.94. The van der Waals surface area contributed by atoms with Gasteiger partial charge in [-0.15, -0.1) is 0 Å². The van der Waals surface area contributed by atoms with Gasteiger partial charge in [0, 0.05) is 38.4 Å². The first-order valence-electron chi connectivity index (χ1n) is 9.94. The van der Waals surface area contributed by atoms with Crippen LogP contribution in [-0.4, -0.2) is 48.0 Å². The lowest BCUT2D eigenvalue weighted by Gasteiger charge is -2.38. The zero-order chi connectivity index (χ0) is 19.3. The maximum absolute atomic E-state index is 13.1. The SMILES string of the molecule is N#Cc1cccnc1N1CCN(C(C(=O)NC2CCCC2)c2ccco2)CC1. The maximum Gasteiger partial charge on any atom is 0.245 e. The van der Waals surface area contributed by atoms with Gasteiger partial charge in [0.2, 0.25) is 5.91 Å². The number of pyridine rings is 1. The van der Waals surface area contributed by atoms with E-state index in [-0.39, 0.29) is 11.9 Å².